The topological polar surface area (TPSA) is 60.9 Å². The summed E-state index contributed by atoms with van der Waals surface area (Å²) in [5.74, 6) is -0.453. The minimum absolute atomic E-state index is 0.333. The van der Waals surface area contributed by atoms with Gasteiger partial charge >= 0.3 is 0 Å². The number of primary amides is 1. The molecule has 0 aliphatic heterocycles. The first-order valence-corrected chi connectivity index (χ1v) is 7.96. The lowest BCUT2D eigenvalue weighted by Crippen LogP contribution is -2.15. The van der Waals surface area contributed by atoms with Gasteiger partial charge in [0.15, 0.2) is 5.69 Å². The Labute approximate surface area is 126 Å². The van der Waals surface area contributed by atoms with Crippen molar-refractivity contribution < 1.29 is 4.79 Å². The molecule has 2 aromatic rings. The quantitative estimate of drug-likeness (QED) is 0.744. The van der Waals surface area contributed by atoms with Gasteiger partial charge in [0.2, 0.25) is 0 Å². The maximum absolute atomic E-state index is 11.6. The van der Waals surface area contributed by atoms with E-state index >= 15 is 0 Å². The number of hydrogen-bond donors (Lipinski definition) is 1. The van der Waals surface area contributed by atoms with Gasteiger partial charge in [-0.2, -0.15) is 5.10 Å². The number of benzene rings is 1. The maximum Gasteiger partial charge on any atom is 0.269 e. The molecule has 1 aromatic carbocycles. The van der Waals surface area contributed by atoms with Crippen LogP contribution in [0.4, 0.5) is 0 Å². The van der Waals surface area contributed by atoms with Crippen molar-refractivity contribution in [1.29, 1.82) is 0 Å². The van der Waals surface area contributed by atoms with Crippen LogP contribution in [0.25, 0.3) is 10.9 Å². The monoisotopic (exact) mass is 287 g/mol. The molecular formula is C17H25N3O. The van der Waals surface area contributed by atoms with Crippen LogP contribution in [-0.4, -0.2) is 15.7 Å². The zero-order chi connectivity index (χ0) is 15.2. The minimum Gasteiger partial charge on any atom is -0.364 e. The zero-order valence-corrected chi connectivity index (χ0v) is 13.0. The molecule has 0 fully saturated rings. The highest BCUT2D eigenvalue weighted by atomic mass is 16.1. The van der Waals surface area contributed by atoms with E-state index in [-0.39, 0.29) is 0 Å². The first-order chi connectivity index (χ1) is 10.2. The highest BCUT2D eigenvalue weighted by Crippen LogP contribution is 2.26. The van der Waals surface area contributed by atoms with Gasteiger partial charge in [0.25, 0.3) is 5.91 Å². The molecule has 4 nitrogen and oxygen atoms in total. The normalized spacial score (nSPS) is 12.7. The lowest BCUT2D eigenvalue weighted by atomic mass is 10.1. The molecule has 21 heavy (non-hydrogen) atoms. The largest absolute Gasteiger partial charge is 0.364 e. The first kappa shape index (κ1) is 15.5. The van der Waals surface area contributed by atoms with E-state index in [1.807, 2.05) is 28.9 Å². The van der Waals surface area contributed by atoms with Gasteiger partial charge < -0.3 is 5.73 Å². The summed E-state index contributed by atoms with van der Waals surface area (Å²) in [5, 5.41) is 5.36. The van der Waals surface area contributed by atoms with Crippen molar-refractivity contribution in [3.63, 3.8) is 0 Å². The average molecular weight is 287 g/mol. The number of nitrogens with zero attached hydrogens (tertiary/aromatic N) is 2. The molecule has 2 rings (SSSR count). The van der Waals surface area contributed by atoms with Crippen molar-refractivity contribution in [3.8, 4) is 0 Å². The van der Waals surface area contributed by atoms with E-state index in [0.717, 1.165) is 23.7 Å². The number of unbranched alkanes of at least 4 members (excludes halogenated alkanes) is 3. The smallest absolute Gasteiger partial charge is 0.269 e. The molecule has 114 valence electrons. The summed E-state index contributed by atoms with van der Waals surface area (Å²) in [7, 11) is 0. The van der Waals surface area contributed by atoms with Crippen molar-refractivity contribution in [2.24, 2.45) is 5.73 Å². The molecule has 0 aliphatic carbocycles. The number of aromatic nitrogens is 2. The number of carbonyl (C=O) groups is 1. The summed E-state index contributed by atoms with van der Waals surface area (Å²) in [6.07, 6.45) is 7.09. The molecule has 1 atom stereocenters. The molecule has 1 heterocycles. The third kappa shape index (κ3) is 3.43. The van der Waals surface area contributed by atoms with E-state index in [0.29, 0.717) is 11.7 Å². The molecule has 1 aromatic heterocycles. The van der Waals surface area contributed by atoms with Gasteiger partial charge in [0, 0.05) is 5.39 Å². The number of rotatable bonds is 8. The average Bonchev–Trinajstić information content (AvgIpc) is 2.87. The van der Waals surface area contributed by atoms with Crippen molar-refractivity contribution >= 4 is 16.8 Å². The second kappa shape index (κ2) is 7.25. The molecule has 0 bridgehead atoms. The van der Waals surface area contributed by atoms with Crippen LogP contribution in [0, 0.1) is 0 Å². The van der Waals surface area contributed by atoms with Crippen LogP contribution in [0.5, 0.6) is 0 Å². The fraction of sp³-hybridized carbons (Fsp3) is 0.529. The van der Waals surface area contributed by atoms with E-state index in [4.69, 9.17) is 5.73 Å². The first-order valence-electron chi connectivity index (χ1n) is 7.96. The summed E-state index contributed by atoms with van der Waals surface area (Å²) in [5.41, 5.74) is 6.85. The number of amides is 1. The van der Waals surface area contributed by atoms with Crippen LogP contribution in [0.1, 0.15) is 68.9 Å². The Morgan fingerprint density at radius 1 is 1.24 bits per heavy atom. The van der Waals surface area contributed by atoms with Crippen LogP contribution in [0.3, 0.4) is 0 Å². The zero-order valence-electron chi connectivity index (χ0n) is 13.0. The van der Waals surface area contributed by atoms with Gasteiger partial charge in [-0.1, -0.05) is 57.7 Å². The highest BCUT2D eigenvalue weighted by Gasteiger charge is 2.18. The molecule has 0 aliphatic rings. The van der Waals surface area contributed by atoms with Crippen molar-refractivity contribution in [2.45, 2.75) is 58.4 Å². The highest BCUT2D eigenvalue weighted by molar-refractivity contribution is 6.04. The van der Waals surface area contributed by atoms with Gasteiger partial charge in [-0.05, 0) is 18.9 Å². The Kier molecular flexibility index (Phi) is 5.37. The van der Waals surface area contributed by atoms with Crippen LogP contribution in [-0.2, 0) is 0 Å². The summed E-state index contributed by atoms with van der Waals surface area (Å²) in [6.45, 7) is 4.39. The van der Waals surface area contributed by atoms with Gasteiger partial charge in [0.05, 0.1) is 11.6 Å². The molecule has 1 amide bonds. The Morgan fingerprint density at radius 2 is 2.00 bits per heavy atom. The lowest BCUT2D eigenvalue weighted by Gasteiger charge is -2.16. The van der Waals surface area contributed by atoms with E-state index < -0.39 is 5.91 Å². The predicted molar refractivity (Wildman–Crippen MR) is 86.3 cm³/mol. The fourth-order valence-electron chi connectivity index (χ4n) is 2.86. The van der Waals surface area contributed by atoms with Gasteiger partial charge in [-0.15, -0.1) is 0 Å². The number of fused-ring (bicyclic) bond motifs is 1. The van der Waals surface area contributed by atoms with Crippen molar-refractivity contribution in [2.75, 3.05) is 0 Å². The third-order valence-electron chi connectivity index (χ3n) is 4.06. The Hall–Kier alpha value is -1.84. The summed E-state index contributed by atoms with van der Waals surface area (Å²) in [4.78, 5) is 11.6. The van der Waals surface area contributed by atoms with Crippen LogP contribution in [0.2, 0.25) is 0 Å². The third-order valence-corrected chi connectivity index (χ3v) is 4.06. The minimum atomic E-state index is -0.453. The molecular weight excluding hydrogens is 262 g/mol. The number of carbonyl (C=O) groups excluding carboxylic acids is 1. The molecule has 1 unspecified atom stereocenters. The van der Waals surface area contributed by atoms with Crippen molar-refractivity contribution in [3.05, 3.63) is 30.0 Å². The molecule has 0 spiro atoms. The standard InChI is InChI=1S/C17H25N3O/c1-3-5-6-7-10-13(4-2)20-15-12-9-8-11-14(15)16(19-20)17(18)21/h8-9,11-13H,3-7,10H2,1-2H3,(H2,18,21). The Bertz CT molecular complexity index is 603. The molecule has 0 radical (unpaired) electrons. The lowest BCUT2D eigenvalue weighted by molar-refractivity contribution is 0.0996. The number of hydrogen-bond acceptors (Lipinski definition) is 2. The van der Waals surface area contributed by atoms with Gasteiger partial charge in [-0.3, -0.25) is 9.48 Å². The molecule has 4 heteroatoms. The predicted octanol–water partition coefficient (Wildman–Crippen LogP) is 4.06. The molecule has 2 N–H and O–H groups in total. The number of nitrogens with two attached hydrogens (primary N) is 1. The van der Waals surface area contributed by atoms with Crippen LogP contribution in [0.15, 0.2) is 24.3 Å². The Morgan fingerprint density at radius 3 is 2.67 bits per heavy atom. The maximum atomic E-state index is 11.6. The van der Waals surface area contributed by atoms with Crippen molar-refractivity contribution in [1.82, 2.24) is 9.78 Å². The molecule has 0 saturated heterocycles. The second-order valence-corrected chi connectivity index (χ2v) is 5.59. The van der Waals surface area contributed by atoms with E-state index in [9.17, 15) is 4.79 Å². The van der Waals surface area contributed by atoms with E-state index in [1.54, 1.807) is 0 Å². The van der Waals surface area contributed by atoms with Gasteiger partial charge in [0.1, 0.15) is 0 Å². The second-order valence-electron chi connectivity index (χ2n) is 5.59. The Balaban J connectivity index is 2.28. The summed E-state index contributed by atoms with van der Waals surface area (Å²) in [6, 6.07) is 8.17. The van der Waals surface area contributed by atoms with E-state index in [1.165, 1.54) is 25.7 Å². The van der Waals surface area contributed by atoms with Crippen LogP contribution < -0.4 is 5.73 Å². The summed E-state index contributed by atoms with van der Waals surface area (Å²) >= 11 is 0. The van der Waals surface area contributed by atoms with E-state index in [2.05, 4.69) is 18.9 Å². The fourth-order valence-corrected chi connectivity index (χ4v) is 2.86. The SMILES string of the molecule is CCCCCCC(CC)n1nc(C(N)=O)c2ccccc21. The van der Waals surface area contributed by atoms with Gasteiger partial charge in [-0.25, -0.2) is 0 Å². The molecule has 0 saturated carbocycles. The summed E-state index contributed by atoms with van der Waals surface area (Å²) < 4.78 is 2.00. The number of para-hydroxylation sites is 1. The van der Waals surface area contributed by atoms with Crippen LogP contribution >= 0.6 is 0 Å².